The molecule has 2 heteroatoms. The molecule has 0 saturated heterocycles. The molecule has 0 aliphatic heterocycles. The van der Waals surface area contributed by atoms with Crippen LogP contribution in [0.3, 0.4) is 0 Å². The lowest BCUT2D eigenvalue weighted by Crippen LogP contribution is -2.36. The largest absolute Gasteiger partial charge is 0.316 e. The quantitative estimate of drug-likeness (QED) is 0.816. The van der Waals surface area contributed by atoms with Gasteiger partial charge in [0.05, 0.1) is 0 Å². The van der Waals surface area contributed by atoms with Crippen molar-refractivity contribution < 1.29 is 0 Å². The van der Waals surface area contributed by atoms with Crippen LogP contribution < -0.4 is 5.32 Å². The van der Waals surface area contributed by atoms with Crippen LogP contribution in [0.25, 0.3) is 0 Å². The molecule has 0 amide bonds. The van der Waals surface area contributed by atoms with Gasteiger partial charge in [0.1, 0.15) is 0 Å². The Labute approximate surface area is 98.7 Å². The van der Waals surface area contributed by atoms with Crippen molar-refractivity contribution in [2.24, 2.45) is 0 Å². The molecule has 16 heavy (non-hydrogen) atoms. The highest BCUT2D eigenvalue weighted by Crippen LogP contribution is 2.25. The lowest BCUT2D eigenvalue weighted by atomic mass is 9.91. The van der Waals surface area contributed by atoms with Gasteiger partial charge in [0.15, 0.2) is 0 Å². The normalized spacial score (nSPS) is 16.4. The molecule has 1 aliphatic carbocycles. The Bertz CT molecular complexity index is 331. The molecule has 0 atom stereocenters. The zero-order valence-electron chi connectivity index (χ0n) is 10.4. The lowest BCUT2D eigenvalue weighted by molar-refractivity contribution is 0.152. The average molecular weight is 218 g/mol. The number of nitrogens with one attached hydrogen (secondary N) is 1. The Morgan fingerprint density at radius 2 is 1.94 bits per heavy atom. The summed E-state index contributed by atoms with van der Waals surface area (Å²) in [4.78, 5) is 2.50. The van der Waals surface area contributed by atoms with Crippen LogP contribution in [-0.2, 0) is 13.1 Å². The Morgan fingerprint density at radius 1 is 1.25 bits per heavy atom. The summed E-state index contributed by atoms with van der Waals surface area (Å²) in [5.41, 5.74) is 2.89. The van der Waals surface area contributed by atoms with Gasteiger partial charge in [0.2, 0.25) is 0 Å². The molecule has 0 radical (unpaired) electrons. The maximum atomic E-state index is 3.24. The molecule has 0 spiro atoms. The van der Waals surface area contributed by atoms with Crippen LogP contribution in [0.4, 0.5) is 0 Å². The molecule has 0 aromatic heterocycles. The molecule has 88 valence electrons. The molecule has 1 fully saturated rings. The summed E-state index contributed by atoms with van der Waals surface area (Å²) in [7, 11) is 4.26. The first-order chi connectivity index (χ1) is 7.81. The lowest BCUT2D eigenvalue weighted by Gasteiger charge is -2.35. The smallest absolute Gasteiger partial charge is 0.0236 e. The Morgan fingerprint density at radius 3 is 2.50 bits per heavy atom. The summed E-state index contributed by atoms with van der Waals surface area (Å²) in [6.07, 6.45) is 4.17. The third-order valence-corrected chi connectivity index (χ3v) is 3.60. The van der Waals surface area contributed by atoms with E-state index in [4.69, 9.17) is 0 Å². The molecule has 0 unspecified atom stereocenters. The third-order valence-electron chi connectivity index (χ3n) is 3.60. The molecule has 1 aromatic rings. The topological polar surface area (TPSA) is 15.3 Å². The van der Waals surface area contributed by atoms with E-state index in [9.17, 15) is 0 Å². The molecule has 1 N–H and O–H groups in total. The fourth-order valence-electron chi connectivity index (χ4n) is 2.30. The zero-order chi connectivity index (χ0) is 11.4. The van der Waals surface area contributed by atoms with Crippen LogP contribution in [0.2, 0.25) is 0 Å². The van der Waals surface area contributed by atoms with E-state index in [1.807, 2.05) is 7.05 Å². The Kier molecular flexibility index (Phi) is 3.97. The first-order valence-electron chi connectivity index (χ1n) is 6.23. The first-order valence-corrected chi connectivity index (χ1v) is 6.23. The van der Waals surface area contributed by atoms with Crippen molar-refractivity contribution in [1.82, 2.24) is 10.2 Å². The maximum Gasteiger partial charge on any atom is 0.0236 e. The van der Waals surface area contributed by atoms with Gasteiger partial charge in [-0.1, -0.05) is 30.7 Å². The van der Waals surface area contributed by atoms with Crippen molar-refractivity contribution in [1.29, 1.82) is 0 Å². The second kappa shape index (κ2) is 5.46. The van der Waals surface area contributed by atoms with Crippen LogP contribution in [-0.4, -0.2) is 25.0 Å². The van der Waals surface area contributed by atoms with E-state index in [0.717, 1.165) is 19.1 Å². The summed E-state index contributed by atoms with van der Waals surface area (Å²) < 4.78 is 0. The highest BCUT2D eigenvalue weighted by Gasteiger charge is 2.22. The van der Waals surface area contributed by atoms with Gasteiger partial charge in [-0.15, -0.1) is 0 Å². The number of hydrogen-bond donors (Lipinski definition) is 1. The van der Waals surface area contributed by atoms with Gasteiger partial charge >= 0.3 is 0 Å². The van der Waals surface area contributed by atoms with Crippen LogP contribution in [0, 0.1) is 0 Å². The molecule has 2 nitrogen and oxygen atoms in total. The number of nitrogens with zero attached hydrogens (tertiary/aromatic N) is 1. The predicted molar refractivity (Wildman–Crippen MR) is 68.3 cm³/mol. The van der Waals surface area contributed by atoms with Gasteiger partial charge in [-0.3, -0.25) is 4.90 Å². The van der Waals surface area contributed by atoms with Gasteiger partial charge in [-0.25, -0.2) is 0 Å². The molecule has 0 bridgehead atoms. The van der Waals surface area contributed by atoms with E-state index in [1.165, 1.54) is 30.4 Å². The standard InChI is InChI=1S/C14H22N2/c1-15-10-12-6-3-4-7-13(12)11-16(2)14-8-5-9-14/h3-4,6-7,14-15H,5,8-11H2,1-2H3. The summed E-state index contributed by atoms with van der Waals surface area (Å²) in [5.74, 6) is 0. The number of hydrogen-bond acceptors (Lipinski definition) is 2. The minimum Gasteiger partial charge on any atom is -0.316 e. The molecular formula is C14H22N2. The highest BCUT2D eigenvalue weighted by atomic mass is 15.1. The summed E-state index contributed by atoms with van der Waals surface area (Å²) >= 11 is 0. The van der Waals surface area contributed by atoms with Gasteiger partial charge < -0.3 is 5.32 Å². The van der Waals surface area contributed by atoms with E-state index in [2.05, 4.69) is 41.5 Å². The van der Waals surface area contributed by atoms with Crippen molar-refractivity contribution >= 4 is 0 Å². The van der Waals surface area contributed by atoms with E-state index in [-0.39, 0.29) is 0 Å². The van der Waals surface area contributed by atoms with Crippen molar-refractivity contribution in [2.75, 3.05) is 14.1 Å². The monoisotopic (exact) mass is 218 g/mol. The van der Waals surface area contributed by atoms with Gasteiger partial charge in [-0.05, 0) is 38.1 Å². The van der Waals surface area contributed by atoms with Crippen molar-refractivity contribution in [3.63, 3.8) is 0 Å². The van der Waals surface area contributed by atoms with Crippen LogP contribution in [0.1, 0.15) is 30.4 Å². The van der Waals surface area contributed by atoms with Gasteiger partial charge in [0.25, 0.3) is 0 Å². The van der Waals surface area contributed by atoms with Crippen LogP contribution in [0.5, 0.6) is 0 Å². The van der Waals surface area contributed by atoms with Crippen LogP contribution >= 0.6 is 0 Å². The highest BCUT2D eigenvalue weighted by molar-refractivity contribution is 5.27. The minimum absolute atomic E-state index is 0.822. The Balaban J connectivity index is 2.01. The molecule has 1 saturated carbocycles. The average Bonchev–Trinajstić information content (AvgIpc) is 2.18. The second-order valence-corrected chi connectivity index (χ2v) is 4.80. The van der Waals surface area contributed by atoms with E-state index in [0.29, 0.717) is 0 Å². The second-order valence-electron chi connectivity index (χ2n) is 4.80. The number of benzene rings is 1. The molecule has 1 aromatic carbocycles. The van der Waals surface area contributed by atoms with Gasteiger partial charge in [-0.2, -0.15) is 0 Å². The zero-order valence-corrected chi connectivity index (χ0v) is 10.4. The van der Waals surface area contributed by atoms with E-state index >= 15 is 0 Å². The third kappa shape index (κ3) is 2.63. The summed E-state index contributed by atoms with van der Waals surface area (Å²) in [5, 5.41) is 3.24. The van der Waals surface area contributed by atoms with Crippen LogP contribution in [0.15, 0.2) is 24.3 Å². The van der Waals surface area contributed by atoms with Crippen molar-refractivity contribution in [2.45, 2.75) is 38.4 Å². The molecular weight excluding hydrogens is 196 g/mol. The van der Waals surface area contributed by atoms with Crippen molar-refractivity contribution in [3.8, 4) is 0 Å². The summed E-state index contributed by atoms with van der Waals surface area (Å²) in [6.45, 7) is 2.05. The fraction of sp³-hybridized carbons (Fsp3) is 0.571. The fourth-order valence-corrected chi connectivity index (χ4v) is 2.30. The molecule has 0 heterocycles. The van der Waals surface area contributed by atoms with Gasteiger partial charge in [0, 0.05) is 19.1 Å². The Hall–Kier alpha value is -0.860. The van der Waals surface area contributed by atoms with Crippen molar-refractivity contribution in [3.05, 3.63) is 35.4 Å². The summed E-state index contributed by atoms with van der Waals surface area (Å²) in [6, 6.07) is 9.56. The van der Waals surface area contributed by atoms with E-state index < -0.39 is 0 Å². The molecule has 2 rings (SSSR count). The SMILES string of the molecule is CNCc1ccccc1CN(C)C1CCC1. The number of rotatable bonds is 5. The minimum atomic E-state index is 0.822. The molecule has 1 aliphatic rings. The first kappa shape index (κ1) is 11.6. The predicted octanol–water partition coefficient (Wildman–Crippen LogP) is 2.39. The van der Waals surface area contributed by atoms with E-state index in [1.54, 1.807) is 0 Å². The maximum absolute atomic E-state index is 3.24.